The molecule has 2 aromatic carbocycles. The van der Waals surface area contributed by atoms with Crippen LogP contribution in [0.2, 0.25) is 0 Å². The number of aliphatic hydroxyl groups is 6. The lowest BCUT2D eigenvalue weighted by atomic mass is 10.1. The van der Waals surface area contributed by atoms with Gasteiger partial charge in [0.15, 0.2) is 0 Å². The number of unbranched alkanes of at least 4 members (excludes halogenated alkanes) is 2. The Morgan fingerprint density at radius 2 is 1.08 bits per heavy atom. The number of rotatable bonds is 16. The van der Waals surface area contributed by atoms with E-state index in [1.165, 1.54) is 30.3 Å². The molecule has 39 heavy (non-hydrogen) atoms. The number of nitrogens with one attached hydrogen (secondary N) is 2. The third-order valence-electron chi connectivity index (χ3n) is 4.59. The topological polar surface area (TPSA) is 232 Å². The molecule has 14 nitrogen and oxygen atoms in total. The monoisotopic (exact) mass is 600 g/mol. The van der Waals surface area contributed by atoms with Crippen LogP contribution in [0.1, 0.15) is 31.2 Å². The molecule has 0 atom stereocenters. The van der Waals surface area contributed by atoms with E-state index in [4.69, 9.17) is 34.9 Å². The van der Waals surface area contributed by atoms with E-state index in [-0.39, 0.29) is 73.3 Å². The van der Waals surface area contributed by atoms with Crippen LogP contribution in [0.15, 0.2) is 40.1 Å². The van der Waals surface area contributed by atoms with Gasteiger partial charge in [0.25, 0.3) is 0 Å². The van der Waals surface area contributed by atoms with Crippen LogP contribution in [0, 0.1) is 6.92 Å². The summed E-state index contributed by atoms with van der Waals surface area (Å²) in [6.45, 7) is 1.46. The van der Waals surface area contributed by atoms with Crippen LogP contribution < -0.4 is 11.0 Å². The van der Waals surface area contributed by atoms with Gasteiger partial charge in [0.05, 0.1) is 13.2 Å². The summed E-state index contributed by atoms with van der Waals surface area (Å²) >= 11 is 0. The maximum absolute atomic E-state index is 12.5. The van der Waals surface area contributed by atoms with Gasteiger partial charge in [0.2, 0.25) is 0 Å². The molecular weight excluding hydrogens is 560 g/mol. The van der Waals surface area contributed by atoms with Gasteiger partial charge < -0.3 is 30.6 Å². The maximum Gasteiger partial charge on any atom is 0.313 e. The number of hydroxylamine groups is 2. The van der Waals surface area contributed by atoms with E-state index >= 15 is 0 Å². The van der Waals surface area contributed by atoms with Gasteiger partial charge in [-0.2, -0.15) is 36.4 Å². The lowest BCUT2D eigenvalue weighted by Gasteiger charge is -2.14. The van der Waals surface area contributed by atoms with Crippen molar-refractivity contribution in [2.75, 3.05) is 52.7 Å². The highest BCUT2D eigenvalue weighted by Gasteiger charge is 2.25. The molecule has 0 saturated carbocycles. The van der Waals surface area contributed by atoms with Crippen LogP contribution in [-0.2, 0) is 28.8 Å². The number of hydrogen-bond acceptors (Lipinski definition) is 14. The van der Waals surface area contributed by atoms with Crippen LogP contribution in [0.3, 0.4) is 0 Å². The van der Waals surface area contributed by atoms with Crippen molar-refractivity contribution in [1.82, 2.24) is 11.0 Å². The van der Waals surface area contributed by atoms with E-state index in [9.17, 15) is 16.8 Å². The van der Waals surface area contributed by atoms with E-state index in [1.807, 2.05) is 0 Å². The van der Waals surface area contributed by atoms with E-state index < -0.39 is 20.2 Å². The molecule has 0 fully saturated rings. The summed E-state index contributed by atoms with van der Waals surface area (Å²) in [6.07, 6.45) is 2.88. The van der Waals surface area contributed by atoms with Gasteiger partial charge in [-0.05, 0) is 44.2 Å². The van der Waals surface area contributed by atoms with Crippen LogP contribution in [0.5, 0.6) is 0 Å². The Balaban J connectivity index is 0.00000100. The van der Waals surface area contributed by atoms with E-state index in [2.05, 4.69) is 15.2 Å². The Morgan fingerprint density at radius 3 is 1.51 bits per heavy atom. The normalized spacial score (nSPS) is 11.5. The number of benzene rings is 2. The van der Waals surface area contributed by atoms with Crippen LogP contribution in [-0.4, -0.2) is 100 Å². The minimum atomic E-state index is -4.28. The smallest absolute Gasteiger partial charge is 0.313 e. The zero-order valence-corrected chi connectivity index (χ0v) is 23.5. The predicted octanol–water partition coefficient (Wildman–Crippen LogP) is -0.945. The molecule has 0 aromatic heterocycles. The highest BCUT2D eigenvalue weighted by atomic mass is 32.2. The predicted molar refractivity (Wildman–Crippen MR) is 142 cm³/mol. The first-order valence-corrected chi connectivity index (χ1v) is 14.9. The molecule has 0 heterocycles. The van der Waals surface area contributed by atoms with E-state index in [0.717, 1.165) is 25.7 Å². The number of fused-ring (bicyclic) bond motifs is 1. The van der Waals surface area contributed by atoms with Gasteiger partial charge in [-0.25, -0.2) is 0 Å². The average molecular weight is 601 g/mol. The van der Waals surface area contributed by atoms with Gasteiger partial charge in [-0.3, -0.25) is 0 Å². The Hall–Kier alpha value is -1.80. The molecule has 2 aromatic rings. The lowest BCUT2D eigenvalue weighted by molar-refractivity contribution is 0.170. The van der Waals surface area contributed by atoms with E-state index in [0.29, 0.717) is 5.56 Å². The molecule has 2 rings (SSSR count). The molecule has 0 radical (unpaired) electrons. The quantitative estimate of drug-likeness (QED) is 0.0858. The summed E-state index contributed by atoms with van der Waals surface area (Å²) in [5, 5.41) is 50.0. The van der Waals surface area contributed by atoms with Crippen LogP contribution in [0.25, 0.3) is 10.8 Å². The molecule has 0 unspecified atom stereocenters. The fraction of sp³-hybridized carbons (Fsp3) is 0.565. The third kappa shape index (κ3) is 13.9. The molecule has 0 aliphatic carbocycles. The second-order valence-corrected chi connectivity index (χ2v) is 10.7. The molecule has 0 spiro atoms. The van der Waals surface area contributed by atoms with Gasteiger partial charge >= 0.3 is 20.2 Å². The first kappa shape index (κ1) is 37.2. The largest absolute Gasteiger partial charge is 0.396 e. The average Bonchev–Trinajstić information content (AvgIpc) is 2.91. The molecule has 226 valence electrons. The van der Waals surface area contributed by atoms with Crippen molar-refractivity contribution >= 4 is 31.0 Å². The summed E-state index contributed by atoms with van der Waals surface area (Å²) < 4.78 is 59.2. The minimum Gasteiger partial charge on any atom is -0.396 e. The molecule has 0 saturated heterocycles. The van der Waals surface area contributed by atoms with Gasteiger partial charge in [-0.1, -0.05) is 24.3 Å². The summed E-state index contributed by atoms with van der Waals surface area (Å²) in [5.74, 6) is 0. The van der Waals surface area contributed by atoms with Crippen molar-refractivity contribution in [2.24, 2.45) is 0 Å². The van der Waals surface area contributed by atoms with Crippen LogP contribution in [0.4, 0.5) is 0 Å². The minimum absolute atomic E-state index is 0.104. The first-order valence-electron chi connectivity index (χ1n) is 12.1. The Labute approximate surface area is 229 Å². The Kier molecular flexibility index (Phi) is 20.0. The third-order valence-corrected chi connectivity index (χ3v) is 7.20. The van der Waals surface area contributed by atoms with Crippen molar-refractivity contribution in [3.63, 3.8) is 0 Å². The number of aliphatic hydroxyl groups excluding tert-OH is 6. The highest BCUT2D eigenvalue weighted by molar-refractivity contribution is 7.87. The van der Waals surface area contributed by atoms with Gasteiger partial charge in [0.1, 0.15) is 9.79 Å². The Bertz CT molecular complexity index is 1130. The summed E-state index contributed by atoms with van der Waals surface area (Å²) in [5.41, 5.74) is 4.59. The summed E-state index contributed by atoms with van der Waals surface area (Å²) in [6, 6.07) is 7.02. The first-order chi connectivity index (χ1) is 18.6. The molecule has 0 amide bonds. The van der Waals surface area contributed by atoms with Crippen LogP contribution >= 0.6 is 0 Å². The molecule has 0 aliphatic rings. The van der Waals surface area contributed by atoms with Gasteiger partial charge in [-0.15, -0.1) is 0 Å². The zero-order valence-electron chi connectivity index (χ0n) is 21.8. The zero-order chi connectivity index (χ0) is 29.7. The van der Waals surface area contributed by atoms with Crippen molar-refractivity contribution < 1.29 is 56.0 Å². The van der Waals surface area contributed by atoms with Crippen molar-refractivity contribution in [1.29, 1.82) is 0 Å². The van der Waals surface area contributed by atoms with E-state index in [1.54, 1.807) is 6.92 Å². The Morgan fingerprint density at radius 1 is 0.615 bits per heavy atom. The van der Waals surface area contributed by atoms with Crippen molar-refractivity contribution in [3.8, 4) is 0 Å². The second kappa shape index (κ2) is 21.0. The maximum atomic E-state index is 12.5. The molecule has 8 N–H and O–H groups in total. The highest BCUT2D eigenvalue weighted by Crippen LogP contribution is 2.32. The van der Waals surface area contributed by atoms with Gasteiger partial charge in [0, 0.05) is 50.3 Å². The standard InChI is InChI=1S/C15H20N2O8S2.2C4H10O2/c1-11-5-6-12-13(15(11)27(22,23)25-17-8-10-19)3-2-4-14(12)26(20,21)24-16-7-9-18;2*5-3-1-2-4-6/h2-6,16-19H,7-10H2,1H3;2*5-6H,1-4H2. The molecule has 16 heteroatoms. The number of hydrogen-bond donors (Lipinski definition) is 8. The summed E-state index contributed by atoms with van der Waals surface area (Å²) in [4.78, 5) is -0.448. The SMILES string of the molecule is Cc1ccc2c(S(=O)(=O)ONCCO)cccc2c1S(=O)(=O)ONCCO.OCCCCO.OCCCCO. The fourth-order valence-electron chi connectivity index (χ4n) is 2.82. The molecule has 0 aliphatic heterocycles. The second-order valence-electron chi connectivity index (χ2n) is 7.68. The fourth-order valence-corrected chi connectivity index (χ4v) is 5.08. The number of aryl methyl sites for hydroxylation is 1. The molecular formula is C23H40N2O12S2. The van der Waals surface area contributed by atoms with Crippen molar-refractivity contribution in [3.05, 3.63) is 35.9 Å². The van der Waals surface area contributed by atoms with Crippen molar-refractivity contribution in [2.45, 2.75) is 42.4 Å². The molecule has 0 bridgehead atoms. The lowest BCUT2D eigenvalue weighted by Crippen LogP contribution is -2.24. The summed E-state index contributed by atoms with van der Waals surface area (Å²) in [7, 11) is -8.54.